The van der Waals surface area contributed by atoms with Crippen LogP contribution in [0.5, 0.6) is 0 Å². The lowest BCUT2D eigenvalue weighted by Crippen LogP contribution is -2.08. The third-order valence-corrected chi connectivity index (χ3v) is 2.99. The second-order valence-electron chi connectivity index (χ2n) is 3.70. The third-order valence-electron chi connectivity index (χ3n) is 2.45. The van der Waals surface area contributed by atoms with Crippen molar-refractivity contribution >= 4 is 23.2 Å². The van der Waals surface area contributed by atoms with Gasteiger partial charge in [-0.15, -0.1) is 0 Å². The van der Waals surface area contributed by atoms with Gasteiger partial charge in [-0.25, -0.2) is 4.39 Å². The van der Waals surface area contributed by atoms with Crippen molar-refractivity contribution < 1.29 is 17.6 Å². The zero-order valence-corrected chi connectivity index (χ0v) is 10.7. The molecule has 2 aromatic rings. The Balaban J connectivity index is 2.74. The van der Waals surface area contributed by atoms with Crippen LogP contribution in [0.1, 0.15) is 5.56 Å². The molecule has 0 bridgehead atoms. The van der Waals surface area contributed by atoms with Gasteiger partial charge in [0.05, 0.1) is 10.6 Å². The van der Waals surface area contributed by atoms with E-state index in [2.05, 4.69) is 6.07 Å². The lowest BCUT2D eigenvalue weighted by atomic mass is 9.99. The number of alkyl halides is 3. The smallest absolute Gasteiger partial charge is 0.206 e. The molecule has 0 aromatic heterocycles. The standard InChI is InChI=1S/C13H5Cl2F4/c14-7-4-5-8(11(16)6-7)12-9(13(17,18)19)2-1-3-10(12)15/h1-2,4-6H. The highest BCUT2D eigenvalue weighted by atomic mass is 35.5. The summed E-state index contributed by atoms with van der Waals surface area (Å²) >= 11 is 11.3. The maximum atomic E-state index is 13.8. The third kappa shape index (κ3) is 2.85. The molecular formula is C13H5Cl2F4. The van der Waals surface area contributed by atoms with E-state index in [1.54, 1.807) is 0 Å². The summed E-state index contributed by atoms with van der Waals surface area (Å²) < 4.78 is 52.5. The summed E-state index contributed by atoms with van der Waals surface area (Å²) in [5.41, 5.74) is -1.72. The monoisotopic (exact) mass is 307 g/mol. The van der Waals surface area contributed by atoms with Gasteiger partial charge in [0, 0.05) is 22.2 Å². The molecule has 0 saturated heterocycles. The molecule has 0 aliphatic rings. The Kier molecular flexibility index (Phi) is 3.74. The number of benzene rings is 2. The topological polar surface area (TPSA) is 0 Å². The average molecular weight is 308 g/mol. The SMILES string of the molecule is Fc1cc(Cl)ccc1-c1c(Cl)[c]ccc1C(F)(F)F. The molecule has 0 amide bonds. The van der Waals surface area contributed by atoms with E-state index in [9.17, 15) is 17.6 Å². The zero-order chi connectivity index (χ0) is 14.2. The fourth-order valence-corrected chi connectivity index (χ4v) is 2.09. The minimum atomic E-state index is -4.64. The Morgan fingerprint density at radius 3 is 2.32 bits per heavy atom. The molecule has 0 aliphatic heterocycles. The maximum absolute atomic E-state index is 13.8. The van der Waals surface area contributed by atoms with E-state index >= 15 is 0 Å². The van der Waals surface area contributed by atoms with E-state index < -0.39 is 23.1 Å². The van der Waals surface area contributed by atoms with Crippen LogP contribution >= 0.6 is 23.2 Å². The lowest BCUT2D eigenvalue weighted by molar-refractivity contribution is -0.137. The number of rotatable bonds is 1. The summed E-state index contributed by atoms with van der Waals surface area (Å²) in [5, 5.41) is -0.207. The molecule has 2 rings (SSSR count). The molecule has 0 spiro atoms. The molecule has 0 nitrogen and oxygen atoms in total. The van der Waals surface area contributed by atoms with E-state index in [4.69, 9.17) is 23.2 Å². The second-order valence-corrected chi connectivity index (χ2v) is 4.52. The van der Waals surface area contributed by atoms with Gasteiger partial charge in [0.1, 0.15) is 5.82 Å². The van der Waals surface area contributed by atoms with Crippen molar-refractivity contribution in [2.75, 3.05) is 0 Å². The summed E-state index contributed by atoms with van der Waals surface area (Å²) in [6.07, 6.45) is -4.64. The maximum Gasteiger partial charge on any atom is 0.417 e. The number of hydrogen-bond donors (Lipinski definition) is 0. The normalized spacial score (nSPS) is 11.7. The van der Waals surface area contributed by atoms with Gasteiger partial charge in [-0.3, -0.25) is 0 Å². The molecule has 19 heavy (non-hydrogen) atoms. The van der Waals surface area contributed by atoms with Crippen LogP contribution in [-0.4, -0.2) is 0 Å². The van der Waals surface area contributed by atoms with Crippen LogP contribution in [0.3, 0.4) is 0 Å². The Hall–Kier alpha value is -1.26. The quantitative estimate of drug-likeness (QED) is 0.600. The predicted molar refractivity (Wildman–Crippen MR) is 65.7 cm³/mol. The second kappa shape index (κ2) is 5.02. The van der Waals surface area contributed by atoms with Crippen LogP contribution in [0.15, 0.2) is 30.3 Å². The molecule has 0 fully saturated rings. The fraction of sp³-hybridized carbons (Fsp3) is 0.0769. The molecule has 0 heterocycles. The van der Waals surface area contributed by atoms with Crippen LogP contribution in [0, 0.1) is 11.9 Å². The summed E-state index contributed by atoms with van der Waals surface area (Å²) in [7, 11) is 0. The van der Waals surface area contributed by atoms with Crippen LogP contribution in [0.4, 0.5) is 17.6 Å². The first kappa shape index (κ1) is 14.2. The molecule has 1 radical (unpaired) electrons. The van der Waals surface area contributed by atoms with Crippen molar-refractivity contribution in [3.63, 3.8) is 0 Å². The minimum Gasteiger partial charge on any atom is -0.206 e. The first-order chi connectivity index (χ1) is 8.80. The molecule has 99 valence electrons. The molecular weight excluding hydrogens is 303 g/mol. The Morgan fingerprint density at radius 2 is 1.74 bits per heavy atom. The van der Waals surface area contributed by atoms with Crippen LogP contribution in [-0.2, 0) is 6.18 Å². The van der Waals surface area contributed by atoms with Crippen LogP contribution < -0.4 is 0 Å². The Bertz CT molecular complexity index is 621. The molecule has 0 saturated carbocycles. The highest BCUT2D eigenvalue weighted by molar-refractivity contribution is 6.33. The van der Waals surface area contributed by atoms with E-state index in [0.29, 0.717) is 0 Å². The van der Waals surface area contributed by atoms with E-state index in [-0.39, 0.29) is 15.6 Å². The average Bonchev–Trinajstić information content (AvgIpc) is 2.28. The van der Waals surface area contributed by atoms with Gasteiger partial charge in [0.2, 0.25) is 0 Å². The van der Waals surface area contributed by atoms with Crippen LogP contribution in [0.2, 0.25) is 10.0 Å². The van der Waals surface area contributed by atoms with Crippen molar-refractivity contribution in [1.82, 2.24) is 0 Å². The predicted octanol–water partition coefficient (Wildman–Crippen LogP) is 5.62. The highest BCUT2D eigenvalue weighted by Crippen LogP contribution is 2.41. The summed E-state index contributed by atoms with van der Waals surface area (Å²) in [6.45, 7) is 0. The van der Waals surface area contributed by atoms with E-state index in [1.807, 2.05) is 0 Å². The van der Waals surface area contributed by atoms with Crippen LogP contribution in [0.25, 0.3) is 11.1 Å². The van der Waals surface area contributed by atoms with Crippen molar-refractivity contribution in [3.05, 3.63) is 57.8 Å². The molecule has 2 aromatic carbocycles. The van der Waals surface area contributed by atoms with Gasteiger partial charge in [0.25, 0.3) is 0 Å². The highest BCUT2D eigenvalue weighted by Gasteiger charge is 2.35. The molecule has 0 atom stereocenters. The lowest BCUT2D eigenvalue weighted by Gasteiger charge is -2.14. The van der Waals surface area contributed by atoms with Gasteiger partial charge in [-0.1, -0.05) is 29.3 Å². The molecule has 0 unspecified atom stereocenters. The van der Waals surface area contributed by atoms with Gasteiger partial charge >= 0.3 is 6.18 Å². The zero-order valence-electron chi connectivity index (χ0n) is 9.15. The largest absolute Gasteiger partial charge is 0.417 e. The van der Waals surface area contributed by atoms with Gasteiger partial charge in [-0.05, 0) is 24.3 Å². The summed E-state index contributed by atoms with van der Waals surface area (Å²) in [5.74, 6) is -0.875. The van der Waals surface area contributed by atoms with Crippen molar-refractivity contribution in [2.24, 2.45) is 0 Å². The van der Waals surface area contributed by atoms with Crippen molar-refractivity contribution in [2.45, 2.75) is 6.18 Å². The number of hydrogen-bond acceptors (Lipinski definition) is 0. The first-order valence-corrected chi connectivity index (χ1v) is 5.79. The van der Waals surface area contributed by atoms with Gasteiger partial charge in [-0.2, -0.15) is 13.2 Å². The van der Waals surface area contributed by atoms with Gasteiger partial charge in [0.15, 0.2) is 0 Å². The Labute approximate surface area is 116 Å². The van der Waals surface area contributed by atoms with E-state index in [1.165, 1.54) is 6.07 Å². The summed E-state index contributed by atoms with van der Waals surface area (Å²) in [4.78, 5) is 0. The molecule has 0 aliphatic carbocycles. The van der Waals surface area contributed by atoms with Gasteiger partial charge < -0.3 is 0 Å². The fourth-order valence-electron chi connectivity index (χ4n) is 1.66. The van der Waals surface area contributed by atoms with Crippen molar-refractivity contribution in [3.8, 4) is 11.1 Å². The first-order valence-electron chi connectivity index (χ1n) is 5.03. The Morgan fingerprint density at radius 1 is 1.05 bits per heavy atom. The minimum absolute atomic E-state index is 0.0887. The number of halogens is 6. The summed E-state index contributed by atoms with van der Waals surface area (Å²) in [6, 6.07) is 7.64. The molecule has 0 N–H and O–H groups in total. The molecule has 6 heteroatoms. The van der Waals surface area contributed by atoms with Crippen molar-refractivity contribution in [1.29, 1.82) is 0 Å². The van der Waals surface area contributed by atoms with E-state index in [0.717, 1.165) is 24.3 Å².